The van der Waals surface area contributed by atoms with E-state index in [-0.39, 0.29) is 17.1 Å². The number of nitrogens with zero attached hydrogens (tertiary/aromatic N) is 4. The number of amides is 1. The van der Waals surface area contributed by atoms with Gasteiger partial charge in [-0.1, -0.05) is 29.4 Å². The molecular weight excluding hydrogens is 388 g/mol. The van der Waals surface area contributed by atoms with Gasteiger partial charge in [0.05, 0.1) is 24.1 Å². The Bertz CT molecular complexity index is 1360. The van der Waals surface area contributed by atoms with Gasteiger partial charge in [-0.15, -0.1) is 0 Å². The molecule has 146 valence electrons. The summed E-state index contributed by atoms with van der Waals surface area (Å²) in [5, 5.41) is 17.5. The summed E-state index contributed by atoms with van der Waals surface area (Å²) in [6.07, 6.45) is 0. The fourth-order valence-electron chi connectivity index (χ4n) is 4.43. The molecule has 0 fully saturated rings. The van der Waals surface area contributed by atoms with Crippen LogP contribution >= 0.6 is 0 Å². The molecule has 1 atom stereocenters. The lowest BCUT2D eigenvalue weighted by Crippen LogP contribution is -2.52. The van der Waals surface area contributed by atoms with Crippen LogP contribution in [0.15, 0.2) is 48.0 Å². The Morgan fingerprint density at radius 2 is 1.80 bits per heavy atom. The standard InChI is InChI=1S/C20H12N6O4/c1-30-9-6-7-12-13(8-9)21-18(29)20(12)14-15(22-19-23-24-25-26(19)20)10-4-2-3-5-11(10)16(27)17(14)28/h2-8H,1H3,(H,21,29)(H,22,23,25). The van der Waals surface area contributed by atoms with E-state index >= 15 is 0 Å². The first-order valence-electron chi connectivity index (χ1n) is 9.06. The van der Waals surface area contributed by atoms with Crippen LogP contribution in [0.1, 0.15) is 21.5 Å². The van der Waals surface area contributed by atoms with E-state index < -0.39 is 23.0 Å². The molecule has 3 aromatic rings. The van der Waals surface area contributed by atoms with Gasteiger partial charge < -0.3 is 15.4 Å². The SMILES string of the molecule is COc1ccc2c(c1)NC(=O)C21C2=C(Nc3nnnn31)c1ccccc1C(=O)C2=O. The third-order valence-corrected chi connectivity index (χ3v) is 5.70. The Kier molecular flexibility index (Phi) is 2.98. The second kappa shape index (κ2) is 5.38. The summed E-state index contributed by atoms with van der Waals surface area (Å²) in [6, 6.07) is 11.7. The van der Waals surface area contributed by atoms with Crippen LogP contribution in [0.3, 0.4) is 0 Å². The lowest BCUT2D eigenvalue weighted by molar-refractivity contribution is -0.123. The molecule has 2 aliphatic heterocycles. The first kappa shape index (κ1) is 16.6. The predicted molar refractivity (Wildman–Crippen MR) is 103 cm³/mol. The number of ketones is 2. The number of methoxy groups -OCH3 is 1. The van der Waals surface area contributed by atoms with E-state index in [0.717, 1.165) is 0 Å². The monoisotopic (exact) mass is 400 g/mol. The van der Waals surface area contributed by atoms with Gasteiger partial charge in [0.25, 0.3) is 5.91 Å². The van der Waals surface area contributed by atoms with Crippen LogP contribution in [-0.4, -0.2) is 44.8 Å². The van der Waals surface area contributed by atoms with E-state index in [4.69, 9.17) is 4.74 Å². The Hall–Kier alpha value is -4.34. The number of aromatic nitrogens is 4. The van der Waals surface area contributed by atoms with Crippen molar-refractivity contribution >= 4 is 34.8 Å². The third kappa shape index (κ3) is 1.74. The number of tetrazole rings is 1. The highest BCUT2D eigenvalue weighted by Crippen LogP contribution is 2.52. The number of anilines is 2. The molecule has 0 radical (unpaired) electrons. The highest BCUT2D eigenvalue weighted by molar-refractivity contribution is 6.54. The van der Waals surface area contributed by atoms with E-state index in [2.05, 4.69) is 26.2 Å². The summed E-state index contributed by atoms with van der Waals surface area (Å²) < 4.78 is 6.50. The molecule has 2 aromatic carbocycles. The number of carbonyl (C=O) groups excluding carboxylic acids is 3. The minimum absolute atomic E-state index is 0.00702. The summed E-state index contributed by atoms with van der Waals surface area (Å²) in [5.41, 5.74) is 0.300. The lowest BCUT2D eigenvalue weighted by Gasteiger charge is -2.37. The largest absolute Gasteiger partial charge is 0.497 e. The Morgan fingerprint density at radius 1 is 1.00 bits per heavy atom. The van der Waals surface area contributed by atoms with Gasteiger partial charge in [0.1, 0.15) is 5.75 Å². The van der Waals surface area contributed by atoms with Gasteiger partial charge in [0.2, 0.25) is 23.1 Å². The topological polar surface area (TPSA) is 128 Å². The van der Waals surface area contributed by atoms with Crippen LogP contribution in [0.4, 0.5) is 11.6 Å². The van der Waals surface area contributed by atoms with Gasteiger partial charge in [0, 0.05) is 22.8 Å². The smallest absolute Gasteiger partial charge is 0.262 e. The zero-order valence-electron chi connectivity index (χ0n) is 15.5. The minimum Gasteiger partial charge on any atom is -0.497 e. The number of hydrogen-bond acceptors (Lipinski definition) is 8. The molecule has 10 nitrogen and oxygen atoms in total. The van der Waals surface area contributed by atoms with E-state index in [1.807, 2.05) is 0 Å². The summed E-state index contributed by atoms with van der Waals surface area (Å²) in [4.78, 5) is 39.8. The van der Waals surface area contributed by atoms with Crippen molar-refractivity contribution in [2.75, 3.05) is 17.7 Å². The van der Waals surface area contributed by atoms with Crippen LogP contribution in [0.2, 0.25) is 0 Å². The number of benzene rings is 2. The zero-order valence-corrected chi connectivity index (χ0v) is 15.5. The van der Waals surface area contributed by atoms with Gasteiger partial charge in [-0.2, -0.15) is 4.68 Å². The van der Waals surface area contributed by atoms with Crippen LogP contribution < -0.4 is 15.4 Å². The molecule has 0 bridgehead atoms. The second-order valence-electron chi connectivity index (χ2n) is 7.07. The van der Waals surface area contributed by atoms with Crippen LogP contribution in [0.5, 0.6) is 5.75 Å². The van der Waals surface area contributed by atoms with Crippen LogP contribution in [0.25, 0.3) is 5.70 Å². The van der Waals surface area contributed by atoms with Crippen molar-refractivity contribution in [2.24, 2.45) is 0 Å². The fourth-order valence-corrected chi connectivity index (χ4v) is 4.43. The zero-order chi connectivity index (χ0) is 20.6. The first-order valence-corrected chi connectivity index (χ1v) is 9.06. The van der Waals surface area contributed by atoms with Crippen LogP contribution in [0, 0.1) is 0 Å². The van der Waals surface area contributed by atoms with Crippen molar-refractivity contribution < 1.29 is 19.1 Å². The van der Waals surface area contributed by atoms with Gasteiger partial charge in [-0.3, -0.25) is 14.4 Å². The molecule has 0 saturated heterocycles. The molecule has 1 aromatic heterocycles. The van der Waals surface area contributed by atoms with E-state index in [0.29, 0.717) is 28.3 Å². The van der Waals surface area contributed by atoms with Crippen LogP contribution in [-0.2, 0) is 15.1 Å². The highest BCUT2D eigenvalue weighted by atomic mass is 16.5. The number of rotatable bonds is 1. The average molecular weight is 400 g/mol. The number of carbonyl (C=O) groups is 3. The fraction of sp³-hybridized carbons (Fsp3) is 0.100. The molecule has 1 aliphatic carbocycles. The maximum atomic E-state index is 13.5. The van der Waals surface area contributed by atoms with E-state index in [1.54, 1.807) is 42.5 Å². The molecular formula is C20H12N6O4. The molecule has 10 heteroatoms. The number of hydrogen-bond donors (Lipinski definition) is 2. The van der Waals surface area contributed by atoms with Gasteiger partial charge in [-0.05, 0) is 22.6 Å². The summed E-state index contributed by atoms with van der Waals surface area (Å²) >= 11 is 0. The molecule has 1 unspecified atom stereocenters. The summed E-state index contributed by atoms with van der Waals surface area (Å²) in [5.74, 6) is -1.28. The van der Waals surface area contributed by atoms with Gasteiger partial charge >= 0.3 is 0 Å². The van der Waals surface area contributed by atoms with Gasteiger partial charge in [-0.25, -0.2) is 0 Å². The molecule has 3 heterocycles. The first-order chi connectivity index (χ1) is 14.6. The van der Waals surface area contributed by atoms with E-state index in [9.17, 15) is 14.4 Å². The molecule has 6 rings (SSSR count). The van der Waals surface area contributed by atoms with Crippen molar-refractivity contribution in [1.82, 2.24) is 20.2 Å². The second-order valence-corrected chi connectivity index (χ2v) is 7.07. The minimum atomic E-state index is -1.72. The molecule has 3 aliphatic rings. The predicted octanol–water partition coefficient (Wildman–Crippen LogP) is 0.980. The Morgan fingerprint density at radius 3 is 2.60 bits per heavy atom. The quantitative estimate of drug-likeness (QED) is 0.579. The number of ether oxygens (including phenoxy) is 1. The van der Waals surface area contributed by atoms with Crippen molar-refractivity contribution in [1.29, 1.82) is 0 Å². The lowest BCUT2D eigenvalue weighted by atomic mass is 9.73. The summed E-state index contributed by atoms with van der Waals surface area (Å²) in [7, 11) is 1.51. The normalized spacial score (nSPS) is 20.9. The Labute approximate surface area is 168 Å². The molecule has 1 spiro atoms. The Balaban J connectivity index is 1.76. The highest BCUT2D eigenvalue weighted by Gasteiger charge is 2.61. The van der Waals surface area contributed by atoms with Crippen molar-refractivity contribution in [3.63, 3.8) is 0 Å². The van der Waals surface area contributed by atoms with Crippen molar-refractivity contribution in [3.8, 4) is 5.75 Å². The molecule has 30 heavy (non-hydrogen) atoms. The average Bonchev–Trinajstić information content (AvgIpc) is 3.35. The molecule has 2 N–H and O–H groups in total. The molecule has 0 saturated carbocycles. The van der Waals surface area contributed by atoms with Crippen molar-refractivity contribution in [3.05, 3.63) is 64.7 Å². The maximum Gasteiger partial charge on any atom is 0.262 e. The third-order valence-electron chi connectivity index (χ3n) is 5.70. The summed E-state index contributed by atoms with van der Waals surface area (Å²) in [6.45, 7) is 0. The maximum absolute atomic E-state index is 13.5. The molecule has 1 amide bonds. The van der Waals surface area contributed by atoms with Crippen molar-refractivity contribution in [2.45, 2.75) is 5.54 Å². The number of nitrogens with one attached hydrogen (secondary N) is 2. The van der Waals surface area contributed by atoms with E-state index in [1.165, 1.54) is 11.8 Å². The van der Waals surface area contributed by atoms with Gasteiger partial charge in [0.15, 0.2) is 0 Å². The number of Topliss-reactive ketones (excluding diaryl/α,β-unsaturated/α-hetero) is 2. The number of fused-ring (bicyclic) bond motifs is 7.